The van der Waals surface area contributed by atoms with E-state index in [2.05, 4.69) is 52.7 Å². The third-order valence-corrected chi connectivity index (χ3v) is 3.41. The first kappa shape index (κ1) is 8.20. The molecule has 0 aromatic heterocycles. The zero-order valence-corrected chi connectivity index (χ0v) is 8.37. The molecule has 1 aliphatic rings. The Bertz CT molecular complexity index is 174. The smallest absolute Gasteiger partial charge is 0.0977 e. The Morgan fingerprint density at radius 2 is 2.30 bits per heavy atom. The molecule has 0 aliphatic carbocycles. The van der Waals surface area contributed by atoms with Crippen LogP contribution in [-0.2, 0) is 0 Å². The van der Waals surface area contributed by atoms with Gasteiger partial charge in [-0.2, -0.15) is 0 Å². The van der Waals surface area contributed by atoms with Gasteiger partial charge in [0.05, 0.1) is 3.55 Å². The van der Waals surface area contributed by atoms with E-state index >= 15 is 0 Å². The second-order valence-electron chi connectivity index (χ2n) is 2.56. The van der Waals surface area contributed by atoms with Crippen molar-refractivity contribution in [1.29, 1.82) is 0 Å². The summed E-state index contributed by atoms with van der Waals surface area (Å²) in [5.74, 6) is 0. The quantitative estimate of drug-likeness (QED) is 0.392. The highest BCUT2D eigenvalue weighted by Gasteiger charge is 2.25. The molecule has 0 amide bonds. The number of aliphatic imine (C=N–C) groups is 1. The topological polar surface area (TPSA) is 15.6 Å². The third kappa shape index (κ3) is 1.58. The summed E-state index contributed by atoms with van der Waals surface area (Å²) in [6.45, 7) is 0. The SMILES string of the molecule is CN(C)[C@]1(I)C=CN=CC1. The van der Waals surface area contributed by atoms with Crippen molar-refractivity contribution in [2.45, 2.75) is 9.97 Å². The maximum atomic E-state index is 4.02. The molecule has 1 atom stereocenters. The summed E-state index contributed by atoms with van der Waals surface area (Å²) in [5, 5.41) is 0. The van der Waals surface area contributed by atoms with E-state index in [0.717, 1.165) is 6.42 Å². The summed E-state index contributed by atoms with van der Waals surface area (Å²) in [6.07, 6.45) is 6.92. The molecule has 0 saturated heterocycles. The Hall–Kier alpha value is 0.1000. The van der Waals surface area contributed by atoms with Crippen LogP contribution in [0.4, 0.5) is 0 Å². The van der Waals surface area contributed by atoms with Crippen LogP contribution in [0.15, 0.2) is 17.3 Å². The van der Waals surface area contributed by atoms with Crippen molar-refractivity contribution in [3.63, 3.8) is 0 Å². The van der Waals surface area contributed by atoms with Gasteiger partial charge in [-0.15, -0.1) is 0 Å². The van der Waals surface area contributed by atoms with Gasteiger partial charge in [0.2, 0.25) is 0 Å². The highest BCUT2D eigenvalue weighted by Crippen LogP contribution is 2.28. The van der Waals surface area contributed by atoms with E-state index in [1.54, 1.807) is 0 Å². The fourth-order valence-electron chi connectivity index (χ4n) is 0.799. The molecule has 2 nitrogen and oxygen atoms in total. The highest BCUT2D eigenvalue weighted by atomic mass is 127. The van der Waals surface area contributed by atoms with Gasteiger partial charge in [0, 0.05) is 18.8 Å². The number of nitrogens with zero attached hydrogens (tertiary/aromatic N) is 2. The molecule has 1 aliphatic heterocycles. The number of halogens is 1. The Balaban J connectivity index is 2.70. The van der Waals surface area contributed by atoms with Gasteiger partial charge in [-0.3, -0.25) is 9.89 Å². The van der Waals surface area contributed by atoms with Crippen molar-refractivity contribution in [3.8, 4) is 0 Å². The molecule has 0 unspecified atom stereocenters. The molecule has 1 heterocycles. The summed E-state index contributed by atoms with van der Waals surface area (Å²) in [6, 6.07) is 0. The van der Waals surface area contributed by atoms with E-state index in [9.17, 15) is 0 Å². The second-order valence-corrected chi connectivity index (χ2v) is 4.43. The van der Waals surface area contributed by atoms with Gasteiger partial charge >= 0.3 is 0 Å². The van der Waals surface area contributed by atoms with Crippen LogP contribution in [-0.4, -0.2) is 28.8 Å². The molecule has 0 radical (unpaired) electrons. The first-order valence-electron chi connectivity index (χ1n) is 3.21. The van der Waals surface area contributed by atoms with E-state index in [1.807, 2.05) is 12.4 Å². The molecule has 0 spiro atoms. The zero-order chi connectivity index (χ0) is 7.61. The van der Waals surface area contributed by atoms with Gasteiger partial charge in [-0.1, -0.05) is 22.6 Å². The summed E-state index contributed by atoms with van der Waals surface area (Å²) < 4.78 is 0.152. The van der Waals surface area contributed by atoms with E-state index in [4.69, 9.17) is 0 Å². The van der Waals surface area contributed by atoms with E-state index in [-0.39, 0.29) is 3.55 Å². The van der Waals surface area contributed by atoms with Crippen LogP contribution in [0.1, 0.15) is 6.42 Å². The van der Waals surface area contributed by atoms with Gasteiger partial charge in [-0.25, -0.2) is 0 Å². The molecular formula is C7H11IN2. The molecule has 0 saturated carbocycles. The molecule has 56 valence electrons. The molecule has 0 aromatic carbocycles. The zero-order valence-electron chi connectivity index (χ0n) is 6.21. The van der Waals surface area contributed by atoms with E-state index < -0.39 is 0 Å². The number of likely N-dealkylation sites (N-methyl/N-ethyl adjacent to an activating group) is 1. The first-order chi connectivity index (χ1) is 4.65. The summed E-state index contributed by atoms with van der Waals surface area (Å²) in [7, 11) is 4.16. The van der Waals surface area contributed by atoms with Crippen LogP contribution < -0.4 is 0 Å². The molecular weight excluding hydrogens is 239 g/mol. The van der Waals surface area contributed by atoms with Crippen LogP contribution in [0.2, 0.25) is 0 Å². The Morgan fingerprint density at radius 1 is 1.60 bits per heavy atom. The van der Waals surface area contributed by atoms with Gasteiger partial charge in [0.15, 0.2) is 0 Å². The standard InChI is InChI=1S/C7H11IN2/c1-10(2)7(8)3-5-9-6-4-7/h3,5-6H,4H2,1-2H3/t7-/m1/s1. The minimum Gasteiger partial charge on any atom is -0.292 e. The maximum absolute atomic E-state index is 4.02. The van der Waals surface area contributed by atoms with Crippen molar-refractivity contribution in [1.82, 2.24) is 4.90 Å². The van der Waals surface area contributed by atoms with Gasteiger partial charge in [0.1, 0.15) is 0 Å². The number of hydrogen-bond acceptors (Lipinski definition) is 2. The monoisotopic (exact) mass is 250 g/mol. The minimum absolute atomic E-state index is 0.152. The van der Waals surface area contributed by atoms with E-state index in [0.29, 0.717) is 0 Å². The van der Waals surface area contributed by atoms with Gasteiger partial charge in [0.25, 0.3) is 0 Å². The molecule has 0 aromatic rings. The average molecular weight is 250 g/mol. The Morgan fingerprint density at radius 3 is 2.60 bits per heavy atom. The normalized spacial score (nSPS) is 31.6. The van der Waals surface area contributed by atoms with Crippen molar-refractivity contribution in [2.24, 2.45) is 4.99 Å². The first-order valence-corrected chi connectivity index (χ1v) is 4.29. The van der Waals surface area contributed by atoms with Crippen LogP contribution in [0.25, 0.3) is 0 Å². The van der Waals surface area contributed by atoms with Crippen LogP contribution >= 0.6 is 22.6 Å². The lowest BCUT2D eigenvalue weighted by Crippen LogP contribution is -2.37. The summed E-state index contributed by atoms with van der Waals surface area (Å²) in [4.78, 5) is 6.21. The largest absolute Gasteiger partial charge is 0.292 e. The van der Waals surface area contributed by atoms with Crippen LogP contribution in [0.5, 0.6) is 0 Å². The molecule has 0 fully saturated rings. The lowest BCUT2D eigenvalue weighted by Gasteiger charge is -2.31. The number of rotatable bonds is 1. The van der Waals surface area contributed by atoms with Crippen molar-refractivity contribution < 1.29 is 0 Å². The second kappa shape index (κ2) is 3.00. The predicted octanol–water partition coefficient (Wildman–Crippen LogP) is 1.67. The highest BCUT2D eigenvalue weighted by molar-refractivity contribution is 14.1. The minimum atomic E-state index is 0.152. The molecule has 10 heavy (non-hydrogen) atoms. The van der Waals surface area contributed by atoms with Crippen molar-refractivity contribution in [3.05, 3.63) is 12.3 Å². The Kier molecular flexibility index (Phi) is 2.46. The van der Waals surface area contributed by atoms with Gasteiger partial charge < -0.3 is 0 Å². The lowest BCUT2D eigenvalue weighted by atomic mass is 10.2. The molecule has 0 N–H and O–H groups in total. The molecule has 1 rings (SSSR count). The maximum Gasteiger partial charge on any atom is 0.0977 e. The fourth-order valence-corrected chi connectivity index (χ4v) is 1.16. The van der Waals surface area contributed by atoms with Crippen molar-refractivity contribution >= 4 is 28.8 Å². The number of alkyl halides is 1. The Labute approximate surface area is 75.2 Å². The lowest BCUT2D eigenvalue weighted by molar-refractivity contribution is 0.333. The fraction of sp³-hybridized carbons (Fsp3) is 0.571. The third-order valence-electron chi connectivity index (χ3n) is 1.64. The average Bonchev–Trinajstić information content (AvgIpc) is 1.89. The van der Waals surface area contributed by atoms with Gasteiger partial charge in [-0.05, 0) is 20.2 Å². The summed E-state index contributed by atoms with van der Waals surface area (Å²) in [5.41, 5.74) is 0. The molecule has 3 heteroatoms. The van der Waals surface area contributed by atoms with Crippen LogP contribution in [0.3, 0.4) is 0 Å². The van der Waals surface area contributed by atoms with Crippen molar-refractivity contribution in [2.75, 3.05) is 14.1 Å². The molecule has 0 bridgehead atoms. The van der Waals surface area contributed by atoms with Crippen LogP contribution in [0, 0.1) is 0 Å². The number of hydrogen-bond donors (Lipinski definition) is 0. The van der Waals surface area contributed by atoms with E-state index in [1.165, 1.54) is 0 Å². The predicted molar refractivity (Wildman–Crippen MR) is 52.7 cm³/mol. The summed E-state index contributed by atoms with van der Waals surface area (Å²) >= 11 is 2.43.